The predicted molar refractivity (Wildman–Crippen MR) is 101 cm³/mol. The second-order valence-corrected chi connectivity index (χ2v) is 6.81. The van der Waals surface area contributed by atoms with Crippen molar-refractivity contribution < 1.29 is 17.9 Å². The van der Waals surface area contributed by atoms with E-state index in [9.17, 15) is 13.2 Å². The van der Waals surface area contributed by atoms with Crippen LogP contribution in [0.1, 0.15) is 25.3 Å². The van der Waals surface area contributed by atoms with E-state index in [1.165, 1.54) is 12.8 Å². The third-order valence-corrected chi connectivity index (χ3v) is 4.48. The topological polar surface area (TPSA) is 48.9 Å². The first-order valence-corrected chi connectivity index (χ1v) is 9.35. The molecule has 1 atom stereocenters. The average Bonchev–Trinajstić information content (AvgIpc) is 3.08. The number of nitrogens with one attached hydrogen (secondary N) is 2. The van der Waals surface area contributed by atoms with Crippen molar-refractivity contribution in [1.82, 2.24) is 15.5 Å². The first-order valence-electron chi connectivity index (χ1n) is 9.35. The highest BCUT2D eigenvalue weighted by Crippen LogP contribution is 2.19. The fourth-order valence-corrected chi connectivity index (χ4v) is 3.11. The quantitative estimate of drug-likeness (QED) is 0.533. The van der Waals surface area contributed by atoms with Crippen LogP contribution < -0.4 is 15.4 Å². The van der Waals surface area contributed by atoms with E-state index in [0.29, 0.717) is 12.5 Å². The van der Waals surface area contributed by atoms with E-state index in [2.05, 4.69) is 27.4 Å². The van der Waals surface area contributed by atoms with Gasteiger partial charge in [-0.25, -0.2) is 0 Å². The highest BCUT2D eigenvalue weighted by molar-refractivity contribution is 5.79. The van der Waals surface area contributed by atoms with E-state index in [1.807, 2.05) is 0 Å². The summed E-state index contributed by atoms with van der Waals surface area (Å²) >= 11 is 0. The number of halogens is 3. The Morgan fingerprint density at radius 2 is 2.00 bits per heavy atom. The van der Waals surface area contributed by atoms with Gasteiger partial charge in [-0.2, -0.15) is 13.2 Å². The molecule has 1 saturated heterocycles. The normalized spacial score (nSPS) is 18.6. The lowest BCUT2D eigenvalue weighted by atomic mass is 10.1. The second kappa shape index (κ2) is 10.4. The van der Waals surface area contributed by atoms with Gasteiger partial charge in [0, 0.05) is 26.7 Å². The van der Waals surface area contributed by atoms with Crippen LogP contribution >= 0.6 is 0 Å². The molecular formula is C19H29F3N4O. The van der Waals surface area contributed by atoms with Crippen molar-refractivity contribution in [2.75, 3.05) is 39.8 Å². The smallest absolute Gasteiger partial charge is 0.422 e. The molecule has 1 aromatic carbocycles. The van der Waals surface area contributed by atoms with Crippen LogP contribution in [0.5, 0.6) is 5.75 Å². The third kappa shape index (κ3) is 8.07. The Labute approximate surface area is 159 Å². The van der Waals surface area contributed by atoms with E-state index in [-0.39, 0.29) is 5.75 Å². The van der Waals surface area contributed by atoms with Crippen molar-refractivity contribution in [3.63, 3.8) is 0 Å². The average molecular weight is 386 g/mol. The maximum absolute atomic E-state index is 12.2. The van der Waals surface area contributed by atoms with Crippen LogP contribution in [0.3, 0.4) is 0 Å². The second-order valence-electron chi connectivity index (χ2n) is 6.81. The summed E-state index contributed by atoms with van der Waals surface area (Å²) in [6.07, 6.45) is -1.95. The number of nitrogens with zero attached hydrogens (tertiary/aromatic N) is 2. The molecule has 0 amide bonds. The molecule has 2 N–H and O–H groups in total. The number of likely N-dealkylation sites (tertiary alicyclic amines) is 1. The van der Waals surface area contributed by atoms with Crippen LogP contribution in [0.2, 0.25) is 0 Å². The monoisotopic (exact) mass is 386 g/mol. The number of hydrogen-bond acceptors (Lipinski definition) is 3. The Morgan fingerprint density at radius 3 is 2.63 bits per heavy atom. The molecule has 1 unspecified atom stereocenters. The Bertz CT molecular complexity index is 590. The Morgan fingerprint density at radius 1 is 1.26 bits per heavy atom. The molecule has 1 heterocycles. The number of hydrogen-bond donors (Lipinski definition) is 2. The van der Waals surface area contributed by atoms with Gasteiger partial charge < -0.3 is 20.3 Å². The maximum Gasteiger partial charge on any atom is 0.422 e. The van der Waals surface area contributed by atoms with Crippen LogP contribution in [-0.4, -0.2) is 56.9 Å². The van der Waals surface area contributed by atoms with E-state index < -0.39 is 12.8 Å². The summed E-state index contributed by atoms with van der Waals surface area (Å²) in [6, 6.07) is 6.57. The molecule has 1 aliphatic heterocycles. The van der Waals surface area contributed by atoms with Crippen molar-refractivity contribution in [2.45, 2.75) is 32.5 Å². The van der Waals surface area contributed by atoms with Crippen molar-refractivity contribution in [3.05, 3.63) is 29.8 Å². The van der Waals surface area contributed by atoms with Gasteiger partial charge in [0.1, 0.15) is 5.75 Å². The van der Waals surface area contributed by atoms with Crippen LogP contribution in [0, 0.1) is 5.92 Å². The van der Waals surface area contributed by atoms with E-state index >= 15 is 0 Å². The molecule has 5 nitrogen and oxygen atoms in total. The molecule has 27 heavy (non-hydrogen) atoms. The number of aliphatic imine (C=N–C) groups is 1. The van der Waals surface area contributed by atoms with Crippen molar-refractivity contribution in [3.8, 4) is 5.75 Å². The zero-order valence-electron chi connectivity index (χ0n) is 16.0. The van der Waals surface area contributed by atoms with Gasteiger partial charge in [-0.05, 0) is 49.5 Å². The third-order valence-electron chi connectivity index (χ3n) is 4.48. The highest BCUT2D eigenvalue weighted by Gasteiger charge is 2.28. The molecule has 0 radical (unpaired) electrons. The van der Waals surface area contributed by atoms with Crippen LogP contribution in [0.4, 0.5) is 13.2 Å². The van der Waals surface area contributed by atoms with Crippen molar-refractivity contribution in [2.24, 2.45) is 10.9 Å². The zero-order valence-corrected chi connectivity index (χ0v) is 16.0. The van der Waals surface area contributed by atoms with Gasteiger partial charge in [-0.1, -0.05) is 19.1 Å². The zero-order chi connectivity index (χ0) is 19.7. The Kier molecular flexibility index (Phi) is 8.22. The van der Waals surface area contributed by atoms with Gasteiger partial charge in [0.2, 0.25) is 0 Å². The Balaban J connectivity index is 1.71. The number of guanidine groups is 1. The minimum Gasteiger partial charge on any atom is -0.484 e. The van der Waals surface area contributed by atoms with Crippen LogP contribution in [0.15, 0.2) is 29.3 Å². The van der Waals surface area contributed by atoms with E-state index in [1.54, 1.807) is 31.3 Å². The largest absolute Gasteiger partial charge is 0.484 e. The molecule has 0 aromatic heterocycles. The lowest BCUT2D eigenvalue weighted by molar-refractivity contribution is -0.153. The minimum atomic E-state index is -4.33. The predicted octanol–water partition coefficient (Wildman–Crippen LogP) is 3.02. The molecule has 152 valence electrons. The molecule has 0 saturated carbocycles. The number of ether oxygens (including phenoxy) is 1. The molecule has 2 rings (SSSR count). The fraction of sp³-hybridized carbons (Fsp3) is 0.632. The highest BCUT2D eigenvalue weighted by atomic mass is 19.4. The first kappa shape index (κ1) is 21.3. The standard InChI is InChI=1S/C19H29F3N4O/c1-3-9-26-10-8-16(13-26)12-25-18(23-2)24-11-15-4-6-17(7-5-15)27-14-19(20,21)22/h4-7,16H,3,8-14H2,1-2H3,(H2,23,24,25). The fourth-order valence-electron chi connectivity index (χ4n) is 3.11. The molecule has 0 bridgehead atoms. The van der Waals surface area contributed by atoms with Gasteiger partial charge in [-0.15, -0.1) is 0 Å². The minimum absolute atomic E-state index is 0.205. The Hall–Kier alpha value is -1.96. The molecular weight excluding hydrogens is 357 g/mol. The van der Waals surface area contributed by atoms with Crippen LogP contribution in [-0.2, 0) is 6.54 Å². The maximum atomic E-state index is 12.2. The summed E-state index contributed by atoms with van der Waals surface area (Å²) in [5.41, 5.74) is 0.937. The molecule has 1 aliphatic rings. The van der Waals surface area contributed by atoms with Gasteiger partial charge in [0.25, 0.3) is 0 Å². The SMILES string of the molecule is CCCN1CCC(CNC(=NC)NCc2ccc(OCC(F)(F)F)cc2)C1. The summed E-state index contributed by atoms with van der Waals surface area (Å²) in [5.74, 6) is 1.55. The van der Waals surface area contributed by atoms with Crippen molar-refractivity contribution >= 4 is 5.96 Å². The molecule has 1 aromatic rings. The molecule has 0 aliphatic carbocycles. The summed E-state index contributed by atoms with van der Waals surface area (Å²) in [4.78, 5) is 6.72. The summed E-state index contributed by atoms with van der Waals surface area (Å²) < 4.78 is 41.2. The van der Waals surface area contributed by atoms with E-state index in [4.69, 9.17) is 4.74 Å². The summed E-state index contributed by atoms with van der Waals surface area (Å²) in [6.45, 7) is 5.78. The van der Waals surface area contributed by atoms with E-state index in [0.717, 1.165) is 37.7 Å². The van der Waals surface area contributed by atoms with Gasteiger partial charge in [0.15, 0.2) is 12.6 Å². The first-order chi connectivity index (χ1) is 12.9. The molecule has 0 spiro atoms. The van der Waals surface area contributed by atoms with Gasteiger partial charge >= 0.3 is 6.18 Å². The van der Waals surface area contributed by atoms with Crippen molar-refractivity contribution in [1.29, 1.82) is 0 Å². The summed E-state index contributed by atoms with van der Waals surface area (Å²) in [7, 11) is 1.72. The number of alkyl halides is 3. The van der Waals surface area contributed by atoms with Gasteiger partial charge in [-0.3, -0.25) is 4.99 Å². The lowest BCUT2D eigenvalue weighted by Gasteiger charge is -2.17. The van der Waals surface area contributed by atoms with Crippen LogP contribution in [0.25, 0.3) is 0 Å². The lowest BCUT2D eigenvalue weighted by Crippen LogP contribution is -2.39. The molecule has 8 heteroatoms. The van der Waals surface area contributed by atoms with Gasteiger partial charge in [0.05, 0.1) is 0 Å². The molecule has 1 fully saturated rings. The number of rotatable bonds is 8. The summed E-state index contributed by atoms with van der Waals surface area (Å²) in [5, 5.41) is 6.58. The number of benzene rings is 1.